The van der Waals surface area contributed by atoms with Gasteiger partial charge in [0.2, 0.25) is 5.91 Å². The van der Waals surface area contributed by atoms with Crippen LogP contribution in [0.2, 0.25) is 10.2 Å². The van der Waals surface area contributed by atoms with E-state index in [0.29, 0.717) is 22.1 Å². The van der Waals surface area contributed by atoms with Gasteiger partial charge < -0.3 is 5.32 Å². The van der Waals surface area contributed by atoms with Crippen LogP contribution < -0.4 is 5.32 Å². The lowest BCUT2D eigenvalue weighted by molar-refractivity contribution is -0.117. The number of aromatic nitrogens is 3. The number of rotatable bonds is 3. The van der Waals surface area contributed by atoms with Crippen LogP contribution in [0.1, 0.15) is 12.8 Å². The third kappa shape index (κ3) is 2.73. The molecule has 1 aliphatic rings. The molecule has 5 nitrogen and oxygen atoms in total. The Bertz CT molecular complexity index is 673. The highest BCUT2D eigenvalue weighted by Gasteiger charge is 2.30. The third-order valence-corrected chi connectivity index (χ3v) is 3.52. The fourth-order valence-electron chi connectivity index (χ4n) is 1.75. The maximum absolute atomic E-state index is 11.6. The second-order valence-electron chi connectivity index (χ2n) is 4.51. The van der Waals surface area contributed by atoms with E-state index in [4.69, 9.17) is 23.2 Å². The molecule has 2 heterocycles. The van der Waals surface area contributed by atoms with Crippen LogP contribution in [0, 0.1) is 5.92 Å². The summed E-state index contributed by atoms with van der Waals surface area (Å²) in [5, 5.41) is 3.33. The molecule has 0 aromatic carbocycles. The molecule has 3 rings (SSSR count). The maximum Gasteiger partial charge on any atom is 0.228 e. The predicted octanol–water partition coefficient (Wildman–Crippen LogP) is 3.19. The summed E-state index contributed by atoms with van der Waals surface area (Å²) in [6.07, 6.45) is 6.44. The van der Waals surface area contributed by atoms with Crippen molar-refractivity contribution in [2.75, 3.05) is 5.32 Å². The van der Waals surface area contributed by atoms with E-state index in [9.17, 15) is 4.79 Å². The molecule has 102 valence electrons. The Morgan fingerprint density at radius 2 is 2.10 bits per heavy atom. The van der Waals surface area contributed by atoms with E-state index in [1.807, 2.05) is 0 Å². The van der Waals surface area contributed by atoms with Crippen LogP contribution in [0.5, 0.6) is 0 Å². The second kappa shape index (κ2) is 5.34. The van der Waals surface area contributed by atoms with Crippen molar-refractivity contribution in [1.29, 1.82) is 0 Å². The van der Waals surface area contributed by atoms with E-state index >= 15 is 0 Å². The first-order valence-corrected chi connectivity index (χ1v) is 6.84. The second-order valence-corrected chi connectivity index (χ2v) is 5.28. The number of hydrogen-bond acceptors (Lipinski definition) is 4. The van der Waals surface area contributed by atoms with Crippen molar-refractivity contribution in [1.82, 2.24) is 15.0 Å². The first kappa shape index (κ1) is 13.3. The summed E-state index contributed by atoms with van der Waals surface area (Å²) >= 11 is 12.2. The maximum atomic E-state index is 11.6. The van der Waals surface area contributed by atoms with E-state index in [1.54, 1.807) is 12.3 Å². The van der Waals surface area contributed by atoms with Crippen molar-refractivity contribution in [2.45, 2.75) is 12.8 Å². The van der Waals surface area contributed by atoms with Crippen LogP contribution in [-0.2, 0) is 4.79 Å². The highest BCUT2D eigenvalue weighted by atomic mass is 35.5. The zero-order valence-electron chi connectivity index (χ0n) is 10.3. The van der Waals surface area contributed by atoms with Crippen molar-refractivity contribution in [3.8, 4) is 11.3 Å². The monoisotopic (exact) mass is 308 g/mol. The van der Waals surface area contributed by atoms with E-state index in [1.165, 1.54) is 12.4 Å². The lowest BCUT2D eigenvalue weighted by atomic mass is 10.2. The molecule has 0 bridgehead atoms. The molecule has 1 aliphatic carbocycles. The standard InChI is InChI=1S/C13H10Cl2N4O/c14-9-5-16-4-3-8(9)11-12(15)18-10(6-17-11)19-13(20)7-1-2-7/h3-7H,1-2H2,(H,18,19,20). The van der Waals surface area contributed by atoms with Crippen molar-refractivity contribution >= 4 is 34.9 Å². The molecule has 7 heteroatoms. The zero-order chi connectivity index (χ0) is 14.1. The van der Waals surface area contributed by atoms with Crippen LogP contribution >= 0.6 is 23.2 Å². The predicted molar refractivity (Wildman–Crippen MR) is 76.6 cm³/mol. The van der Waals surface area contributed by atoms with E-state index in [0.717, 1.165) is 12.8 Å². The highest BCUT2D eigenvalue weighted by Crippen LogP contribution is 2.32. The molecule has 0 spiro atoms. The SMILES string of the molecule is O=C(Nc1cnc(-c2ccncc2Cl)c(Cl)n1)C1CC1. The summed E-state index contributed by atoms with van der Waals surface area (Å²) in [5.41, 5.74) is 1.11. The van der Waals surface area contributed by atoms with Crippen LogP contribution in [0.3, 0.4) is 0 Å². The van der Waals surface area contributed by atoms with Gasteiger partial charge >= 0.3 is 0 Å². The molecule has 0 saturated heterocycles. The fourth-order valence-corrected chi connectivity index (χ4v) is 2.20. The molecular weight excluding hydrogens is 299 g/mol. The molecule has 1 fully saturated rings. The number of nitrogens with one attached hydrogen (secondary N) is 1. The minimum atomic E-state index is -0.0370. The average molecular weight is 309 g/mol. The molecular formula is C13H10Cl2N4O. The van der Waals surface area contributed by atoms with Crippen molar-refractivity contribution < 1.29 is 4.79 Å². The van der Waals surface area contributed by atoms with E-state index in [2.05, 4.69) is 20.3 Å². The number of hydrogen-bond donors (Lipinski definition) is 1. The van der Waals surface area contributed by atoms with Gasteiger partial charge in [-0.25, -0.2) is 9.97 Å². The lowest BCUT2D eigenvalue weighted by Gasteiger charge is -2.07. The number of carbonyl (C=O) groups is 1. The first-order valence-electron chi connectivity index (χ1n) is 6.08. The minimum absolute atomic E-state index is 0.0370. The van der Waals surface area contributed by atoms with Crippen molar-refractivity contribution in [3.05, 3.63) is 34.8 Å². The van der Waals surface area contributed by atoms with Crippen LogP contribution in [-0.4, -0.2) is 20.9 Å². The van der Waals surface area contributed by atoms with Crippen molar-refractivity contribution in [3.63, 3.8) is 0 Å². The van der Waals surface area contributed by atoms with Gasteiger partial charge in [0.15, 0.2) is 11.0 Å². The molecule has 2 aromatic heterocycles. The molecule has 0 radical (unpaired) electrons. The summed E-state index contributed by atoms with van der Waals surface area (Å²) in [4.78, 5) is 23.9. The third-order valence-electron chi connectivity index (χ3n) is 2.96. The van der Waals surface area contributed by atoms with Gasteiger partial charge in [-0.15, -0.1) is 0 Å². The molecule has 1 amide bonds. The highest BCUT2D eigenvalue weighted by molar-refractivity contribution is 6.35. The van der Waals surface area contributed by atoms with Gasteiger partial charge in [-0.2, -0.15) is 0 Å². The number of halogens is 2. The normalized spacial score (nSPS) is 14.1. The largest absolute Gasteiger partial charge is 0.309 e. The quantitative estimate of drug-likeness (QED) is 0.945. The topological polar surface area (TPSA) is 67.8 Å². The number of nitrogens with zero attached hydrogens (tertiary/aromatic N) is 3. The Hall–Kier alpha value is -1.72. The molecule has 0 unspecified atom stereocenters. The number of carbonyl (C=O) groups excluding carboxylic acids is 1. The van der Waals surface area contributed by atoms with Gasteiger partial charge in [0.05, 0.1) is 11.2 Å². The summed E-state index contributed by atoms with van der Waals surface area (Å²) in [7, 11) is 0. The van der Waals surface area contributed by atoms with Crippen LogP contribution in [0.25, 0.3) is 11.3 Å². The Morgan fingerprint density at radius 1 is 1.30 bits per heavy atom. The van der Waals surface area contributed by atoms with Gasteiger partial charge in [0.1, 0.15) is 5.69 Å². The summed E-state index contributed by atoms with van der Waals surface area (Å²) in [5.74, 6) is 0.413. The Balaban J connectivity index is 1.87. The molecule has 0 atom stereocenters. The van der Waals surface area contributed by atoms with Gasteiger partial charge in [-0.1, -0.05) is 23.2 Å². The number of anilines is 1. The fraction of sp³-hybridized carbons (Fsp3) is 0.231. The van der Waals surface area contributed by atoms with Crippen LogP contribution in [0.4, 0.5) is 5.82 Å². The summed E-state index contributed by atoms with van der Waals surface area (Å²) in [6.45, 7) is 0. The minimum Gasteiger partial charge on any atom is -0.309 e. The lowest BCUT2D eigenvalue weighted by Crippen LogP contribution is -2.14. The van der Waals surface area contributed by atoms with Gasteiger partial charge in [-0.3, -0.25) is 9.78 Å². The number of amides is 1. The van der Waals surface area contributed by atoms with Gasteiger partial charge in [0.25, 0.3) is 0 Å². The molecule has 2 aromatic rings. The molecule has 1 N–H and O–H groups in total. The Kier molecular flexibility index (Phi) is 3.54. The molecule has 0 aliphatic heterocycles. The van der Waals surface area contributed by atoms with Gasteiger partial charge in [0, 0.05) is 23.9 Å². The number of pyridine rings is 1. The van der Waals surface area contributed by atoms with E-state index < -0.39 is 0 Å². The van der Waals surface area contributed by atoms with Crippen LogP contribution in [0.15, 0.2) is 24.7 Å². The Labute approximate surface area is 125 Å². The molecule has 20 heavy (non-hydrogen) atoms. The van der Waals surface area contributed by atoms with Crippen molar-refractivity contribution in [2.24, 2.45) is 5.92 Å². The van der Waals surface area contributed by atoms with Gasteiger partial charge in [-0.05, 0) is 18.9 Å². The Morgan fingerprint density at radius 3 is 2.75 bits per heavy atom. The first-order chi connectivity index (χ1) is 9.65. The van der Waals surface area contributed by atoms with E-state index in [-0.39, 0.29) is 17.0 Å². The molecule has 1 saturated carbocycles. The average Bonchev–Trinajstić information content (AvgIpc) is 3.24. The smallest absolute Gasteiger partial charge is 0.228 e. The zero-order valence-corrected chi connectivity index (χ0v) is 11.8. The summed E-state index contributed by atoms with van der Waals surface area (Å²) in [6, 6.07) is 1.71. The summed E-state index contributed by atoms with van der Waals surface area (Å²) < 4.78 is 0.